The van der Waals surface area contributed by atoms with Crippen LogP contribution in [0, 0.1) is 6.92 Å². The van der Waals surface area contributed by atoms with Crippen molar-refractivity contribution in [2.75, 3.05) is 20.8 Å². The van der Waals surface area contributed by atoms with Gasteiger partial charge in [-0.1, -0.05) is 0 Å². The fraction of sp³-hybridized carbons (Fsp3) is 0.667. The fourth-order valence-electron chi connectivity index (χ4n) is 1.81. The van der Waals surface area contributed by atoms with Gasteiger partial charge in [0.2, 0.25) is 5.88 Å². The van der Waals surface area contributed by atoms with Crippen molar-refractivity contribution in [2.24, 2.45) is 7.05 Å². The first-order chi connectivity index (χ1) is 8.60. The lowest BCUT2D eigenvalue weighted by Gasteiger charge is -2.06. The van der Waals surface area contributed by atoms with Gasteiger partial charge in [-0.3, -0.25) is 4.79 Å². The van der Waals surface area contributed by atoms with Crippen LogP contribution in [0.15, 0.2) is 0 Å². The van der Waals surface area contributed by atoms with Gasteiger partial charge in [-0.15, -0.1) is 0 Å². The molecule has 18 heavy (non-hydrogen) atoms. The monoisotopic (exact) mass is 255 g/mol. The van der Waals surface area contributed by atoms with Crippen LogP contribution in [-0.4, -0.2) is 36.5 Å². The molecule has 0 saturated carbocycles. The van der Waals surface area contributed by atoms with Gasteiger partial charge < -0.3 is 14.8 Å². The second-order valence-electron chi connectivity index (χ2n) is 4.05. The fourth-order valence-corrected chi connectivity index (χ4v) is 1.81. The Labute approximate surface area is 107 Å². The second kappa shape index (κ2) is 7.00. The van der Waals surface area contributed by atoms with Gasteiger partial charge in [-0.2, -0.15) is 5.10 Å². The van der Waals surface area contributed by atoms with Crippen LogP contribution in [0.2, 0.25) is 0 Å². The normalized spacial score (nSPS) is 10.4. The van der Waals surface area contributed by atoms with Crippen LogP contribution < -0.4 is 10.1 Å². The van der Waals surface area contributed by atoms with Crippen LogP contribution >= 0.6 is 0 Å². The van der Waals surface area contributed by atoms with E-state index in [9.17, 15) is 4.79 Å². The third-order valence-electron chi connectivity index (χ3n) is 2.75. The van der Waals surface area contributed by atoms with Crippen molar-refractivity contribution in [1.29, 1.82) is 0 Å². The Bertz CT molecular complexity index is 402. The second-order valence-corrected chi connectivity index (χ2v) is 4.05. The standard InChI is InChI=1S/C12H21N3O3/c1-9-10(12(18-4)15(2)14-9)8-13-7-5-6-11(16)17-3/h13H,5-8H2,1-4H3. The minimum Gasteiger partial charge on any atom is -0.481 e. The summed E-state index contributed by atoms with van der Waals surface area (Å²) in [6.07, 6.45) is 1.20. The first-order valence-corrected chi connectivity index (χ1v) is 5.94. The van der Waals surface area contributed by atoms with Gasteiger partial charge in [0.15, 0.2) is 0 Å². The molecule has 6 nitrogen and oxygen atoms in total. The summed E-state index contributed by atoms with van der Waals surface area (Å²) in [6, 6.07) is 0. The lowest BCUT2D eigenvalue weighted by Crippen LogP contribution is -2.17. The summed E-state index contributed by atoms with van der Waals surface area (Å²) in [7, 11) is 4.89. The summed E-state index contributed by atoms with van der Waals surface area (Å²) < 4.78 is 11.6. The highest BCUT2D eigenvalue weighted by Crippen LogP contribution is 2.20. The van der Waals surface area contributed by atoms with E-state index in [2.05, 4.69) is 15.2 Å². The van der Waals surface area contributed by atoms with E-state index >= 15 is 0 Å². The average Bonchev–Trinajstić information content (AvgIpc) is 2.62. The number of aromatic nitrogens is 2. The Morgan fingerprint density at radius 3 is 2.78 bits per heavy atom. The van der Waals surface area contributed by atoms with Crippen LogP contribution in [0.5, 0.6) is 5.88 Å². The zero-order chi connectivity index (χ0) is 13.5. The van der Waals surface area contributed by atoms with Crippen molar-refractivity contribution in [3.63, 3.8) is 0 Å². The minimum atomic E-state index is -0.174. The van der Waals surface area contributed by atoms with Crippen molar-refractivity contribution < 1.29 is 14.3 Å². The molecule has 0 aliphatic heterocycles. The summed E-state index contributed by atoms with van der Waals surface area (Å²) >= 11 is 0. The lowest BCUT2D eigenvalue weighted by atomic mass is 10.2. The van der Waals surface area contributed by atoms with E-state index in [1.807, 2.05) is 14.0 Å². The highest BCUT2D eigenvalue weighted by atomic mass is 16.5. The molecule has 1 aromatic rings. The summed E-state index contributed by atoms with van der Waals surface area (Å²) in [5.41, 5.74) is 2.01. The summed E-state index contributed by atoms with van der Waals surface area (Å²) in [6.45, 7) is 3.39. The predicted octanol–water partition coefficient (Wildman–Crippen LogP) is 0.780. The van der Waals surface area contributed by atoms with E-state index in [0.717, 1.165) is 30.1 Å². The number of carbonyl (C=O) groups excluding carboxylic acids is 1. The van der Waals surface area contributed by atoms with Gasteiger partial charge >= 0.3 is 5.97 Å². The molecule has 1 rings (SSSR count). The highest BCUT2D eigenvalue weighted by molar-refractivity contribution is 5.69. The van der Waals surface area contributed by atoms with Crippen LogP contribution in [0.1, 0.15) is 24.1 Å². The average molecular weight is 255 g/mol. The number of esters is 1. The Morgan fingerprint density at radius 2 is 2.17 bits per heavy atom. The third kappa shape index (κ3) is 3.73. The van der Waals surface area contributed by atoms with Crippen LogP contribution in [0.4, 0.5) is 0 Å². The zero-order valence-electron chi connectivity index (χ0n) is 11.4. The van der Waals surface area contributed by atoms with Gasteiger partial charge in [0, 0.05) is 20.0 Å². The quantitative estimate of drug-likeness (QED) is 0.576. The summed E-state index contributed by atoms with van der Waals surface area (Å²) in [5.74, 6) is 0.597. The maximum absolute atomic E-state index is 10.9. The summed E-state index contributed by atoms with van der Waals surface area (Å²) in [5, 5.41) is 7.57. The van der Waals surface area contributed by atoms with E-state index in [0.29, 0.717) is 13.0 Å². The van der Waals surface area contributed by atoms with Gasteiger partial charge in [0.05, 0.1) is 25.5 Å². The highest BCUT2D eigenvalue weighted by Gasteiger charge is 2.12. The summed E-state index contributed by atoms with van der Waals surface area (Å²) in [4.78, 5) is 10.9. The van der Waals surface area contributed by atoms with E-state index in [4.69, 9.17) is 4.74 Å². The molecule has 1 N–H and O–H groups in total. The molecule has 0 aromatic carbocycles. The molecule has 0 spiro atoms. The zero-order valence-corrected chi connectivity index (χ0v) is 11.4. The molecular weight excluding hydrogens is 234 g/mol. The molecule has 1 aromatic heterocycles. The Hall–Kier alpha value is -1.56. The van der Waals surface area contributed by atoms with Gasteiger partial charge in [0.25, 0.3) is 0 Å². The first kappa shape index (κ1) is 14.5. The molecule has 0 saturated heterocycles. The maximum Gasteiger partial charge on any atom is 0.305 e. The third-order valence-corrected chi connectivity index (χ3v) is 2.75. The molecule has 0 unspecified atom stereocenters. The van der Waals surface area contributed by atoms with Crippen LogP contribution in [0.3, 0.4) is 0 Å². The molecule has 102 valence electrons. The lowest BCUT2D eigenvalue weighted by molar-refractivity contribution is -0.140. The van der Waals surface area contributed by atoms with E-state index < -0.39 is 0 Å². The van der Waals surface area contributed by atoms with E-state index in [-0.39, 0.29) is 5.97 Å². The number of nitrogens with one attached hydrogen (secondary N) is 1. The number of carbonyl (C=O) groups is 1. The number of ether oxygens (including phenoxy) is 2. The smallest absolute Gasteiger partial charge is 0.305 e. The van der Waals surface area contributed by atoms with Gasteiger partial charge in [-0.25, -0.2) is 4.68 Å². The van der Waals surface area contributed by atoms with Gasteiger partial charge in [0.1, 0.15) is 0 Å². The molecule has 0 fully saturated rings. The van der Waals surface area contributed by atoms with Crippen molar-refractivity contribution in [2.45, 2.75) is 26.3 Å². The van der Waals surface area contributed by atoms with Crippen molar-refractivity contribution >= 4 is 5.97 Å². The number of methoxy groups -OCH3 is 2. The molecule has 6 heteroatoms. The topological polar surface area (TPSA) is 65.4 Å². The molecule has 0 bridgehead atoms. The van der Waals surface area contributed by atoms with E-state index in [1.54, 1.807) is 11.8 Å². The number of nitrogens with zero attached hydrogens (tertiary/aromatic N) is 2. The van der Waals surface area contributed by atoms with Crippen LogP contribution in [0.25, 0.3) is 0 Å². The Kier molecular flexibility index (Phi) is 5.64. The van der Waals surface area contributed by atoms with Crippen molar-refractivity contribution in [1.82, 2.24) is 15.1 Å². The number of hydrogen-bond donors (Lipinski definition) is 1. The molecule has 0 radical (unpaired) electrons. The predicted molar refractivity (Wildman–Crippen MR) is 67.5 cm³/mol. The SMILES string of the molecule is COC(=O)CCCNCc1c(C)nn(C)c1OC. The number of rotatable bonds is 7. The largest absolute Gasteiger partial charge is 0.481 e. The molecule has 0 aliphatic rings. The molecule has 0 aliphatic carbocycles. The van der Waals surface area contributed by atoms with E-state index in [1.165, 1.54) is 7.11 Å². The minimum absolute atomic E-state index is 0.174. The maximum atomic E-state index is 10.9. The molecule has 0 amide bonds. The van der Waals surface area contributed by atoms with Crippen molar-refractivity contribution in [3.8, 4) is 5.88 Å². The van der Waals surface area contributed by atoms with Crippen LogP contribution in [-0.2, 0) is 23.1 Å². The number of aryl methyl sites for hydroxylation is 2. The van der Waals surface area contributed by atoms with Crippen molar-refractivity contribution in [3.05, 3.63) is 11.3 Å². The number of hydrogen-bond acceptors (Lipinski definition) is 5. The molecule has 1 heterocycles. The Balaban J connectivity index is 2.37. The first-order valence-electron chi connectivity index (χ1n) is 5.94. The molecule has 0 atom stereocenters. The molecular formula is C12H21N3O3. The Morgan fingerprint density at radius 1 is 1.44 bits per heavy atom. The van der Waals surface area contributed by atoms with Gasteiger partial charge in [-0.05, 0) is 19.9 Å².